The van der Waals surface area contributed by atoms with E-state index in [0.29, 0.717) is 0 Å². The molecule has 0 saturated heterocycles. The number of nitrogens with zero attached hydrogens (tertiary/aromatic N) is 2. The molecule has 2 N–H and O–H groups in total. The molecular formula is C17H21N3. The summed E-state index contributed by atoms with van der Waals surface area (Å²) in [6.45, 7) is 2.12. The molecule has 2 aromatic rings. The van der Waals surface area contributed by atoms with Gasteiger partial charge in [-0.3, -0.25) is 0 Å². The summed E-state index contributed by atoms with van der Waals surface area (Å²) in [5.74, 6) is 0.964. The molecular weight excluding hydrogens is 246 g/mol. The van der Waals surface area contributed by atoms with Crippen molar-refractivity contribution in [3.8, 4) is 0 Å². The lowest BCUT2D eigenvalue weighted by Crippen LogP contribution is -2.12. The second-order valence-electron chi connectivity index (χ2n) is 5.56. The second-order valence-corrected chi connectivity index (χ2v) is 5.56. The molecule has 3 heteroatoms. The van der Waals surface area contributed by atoms with Gasteiger partial charge in [0.2, 0.25) is 0 Å². The lowest BCUT2D eigenvalue weighted by Gasteiger charge is -2.17. The van der Waals surface area contributed by atoms with Crippen LogP contribution in [-0.2, 0) is 25.7 Å². The van der Waals surface area contributed by atoms with Gasteiger partial charge in [0.15, 0.2) is 0 Å². The molecule has 0 atom stereocenters. The van der Waals surface area contributed by atoms with E-state index in [0.717, 1.165) is 37.2 Å². The molecule has 104 valence electrons. The highest BCUT2D eigenvalue weighted by Crippen LogP contribution is 2.22. The summed E-state index contributed by atoms with van der Waals surface area (Å²) in [4.78, 5) is 9.45. The number of hydrogen-bond donors (Lipinski definition) is 1. The summed E-state index contributed by atoms with van der Waals surface area (Å²) >= 11 is 0. The van der Waals surface area contributed by atoms with Crippen LogP contribution in [-0.4, -0.2) is 9.97 Å². The number of nitrogen functional groups attached to an aromatic ring is 1. The Balaban J connectivity index is 1.78. The summed E-state index contributed by atoms with van der Waals surface area (Å²) in [5.41, 5.74) is 11.9. The summed E-state index contributed by atoms with van der Waals surface area (Å²) in [5, 5.41) is 0. The van der Waals surface area contributed by atoms with Crippen molar-refractivity contribution in [3.63, 3.8) is 0 Å². The van der Waals surface area contributed by atoms with Crippen LogP contribution in [0, 0.1) is 6.92 Å². The van der Waals surface area contributed by atoms with Crippen LogP contribution in [0.1, 0.15) is 41.2 Å². The van der Waals surface area contributed by atoms with Gasteiger partial charge in [-0.05, 0) is 56.2 Å². The van der Waals surface area contributed by atoms with Gasteiger partial charge in [0.1, 0.15) is 5.82 Å². The molecule has 0 amide bonds. The number of hydrogen-bond acceptors (Lipinski definition) is 3. The third kappa shape index (κ3) is 2.67. The fourth-order valence-electron chi connectivity index (χ4n) is 2.96. The van der Waals surface area contributed by atoms with Crippen molar-refractivity contribution < 1.29 is 0 Å². The highest BCUT2D eigenvalue weighted by Gasteiger charge is 2.15. The Morgan fingerprint density at radius 3 is 2.70 bits per heavy atom. The van der Waals surface area contributed by atoms with Crippen LogP contribution in [0.4, 0.5) is 5.69 Å². The zero-order chi connectivity index (χ0) is 13.9. The Hall–Kier alpha value is -1.90. The third-order valence-corrected chi connectivity index (χ3v) is 4.11. The van der Waals surface area contributed by atoms with E-state index in [1.54, 1.807) is 0 Å². The first-order valence-corrected chi connectivity index (χ1v) is 7.42. The summed E-state index contributed by atoms with van der Waals surface area (Å²) in [6, 6.07) is 8.04. The molecule has 0 bridgehead atoms. The Morgan fingerprint density at radius 2 is 1.85 bits per heavy atom. The average Bonchev–Trinajstić information content (AvgIpc) is 2.46. The number of aromatic nitrogens is 2. The fourth-order valence-corrected chi connectivity index (χ4v) is 2.96. The van der Waals surface area contributed by atoms with Gasteiger partial charge in [0, 0.05) is 23.5 Å². The van der Waals surface area contributed by atoms with Crippen molar-refractivity contribution in [2.75, 3.05) is 5.73 Å². The second kappa shape index (κ2) is 5.61. The fraction of sp³-hybridized carbons (Fsp3) is 0.412. The molecule has 1 aliphatic rings. The van der Waals surface area contributed by atoms with E-state index < -0.39 is 0 Å². The highest BCUT2D eigenvalue weighted by molar-refractivity contribution is 5.46. The topological polar surface area (TPSA) is 51.8 Å². The van der Waals surface area contributed by atoms with E-state index in [9.17, 15) is 0 Å². The maximum Gasteiger partial charge on any atom is 0.129 e. The molecule has 0 fully saturated rings. The normalized spacial score (nSPS) is 14.1. The van der Waals surface area contributed by atoms with Crippen molar-refractivity contribution in [3.05, 3.63) is 52.6 Å². The zero-order valence-electron chi connectivity index (χ0n) is 12.0. The predicted octanol–water partition coefficient (Wildman–Crippen LogP) is 3.03. The van der Waals surface area contributed by atoms with Crippen molar-refractivity contribution >= 4 is 5.69 Å². The van der Waals surface area contributed by atoms with E-state index >= 15 is 0 Å². The van der Waals surface area contributed by atoms with Gasteiger partial charge in [0.25, 0.3) is 0 Å². The van der Waals surface area contributed by atoms with Crippen LogP contribution in [0.5, 0.6) is 0 Å². The number of fused-ring (bicyclic) bond motifs is 1. The minimum absolute atomic E-state index is 0.863. The van der Waals surface area contributed by atoms with E-state index in [4.69, 9.17) is 10.7 Å². The SMILES string of the molecule is Cc1nc(CCc2ccccc2N)nc2c1CCCC2. The molecule has 0 radical (unpaired) electrons. The van der Waals surface area contributed by atoms with E-state index in [2.05, 4.69) is 18.0 Å². The van der Waals surface area contributed by atoms with Crippen LogP contribution >= 0.6 is 0 Å². The summed E-state index contributed by atoms with van der Waals surface area (Å²) in [6.07, 6.45) is 6.56. The van der Waals surface area contributed by atoms with Crippen LogP contribution in [0.25, 0.3) is 0 Å². The minimum Gasteiger partial charge on any atom is -0.399 e. The zero-order valence-corrected chi connectivity index (χ0v) is 12.0. The first-order chi connectivity index (χ1) is 9.74. The standard InChI is InChI=1S/C17H21N3/c1-12-14-7-3-5-9-16(14)20-17(19-12)11-10-13-6-2-4-8-15(13)18/h2,4,6,8H,3,5,7,9-11,18H2,1H3. The van der Waals surface area contributed by atoms with Gasteiger partial charge in [-0.15, -0.1) is 0 Å². The quantitative estimate of drug-likeness (QED) is 0.870. The Kier molecular flexibility index (Phi) is 3.68. The number of nitrogens with two attached hydrogens (primary N) is 1. The monoisotopic (exact) mass is 267 g/mol. The summed E-state index contributed by atoms with van der Waals surface area (Å²) in [7, 11) is 0. The lowest BCUT2D eigenvalue weighted by atomic mass is 9.95. The van der Waals surface area contributed by atoms with Crippen LogP contribution in [0.15, 0.2) is 24.3 Å². The summed E-state index contributed by atoms with van der Waals surface area (Å²) < 4.78 is 0. The first kappa shape index (κ1) is 13.1. The number of anilines is 1. The predicted molar refractivity (Wildman–Crippen MR) is 81.7 cm³/mol. The van der Waals surface area contributed by atoms with Crippen molar-refractivity contribution in [2.45, 2.75) is 45.4 Å². The van der Waals surface area contributed by atoms with E-state index in [1.807, 2.05) is 18.2 Å². The molecule has 1 aromatic heterocycles. The highest BCUT2D eigenvalue weighted by atomic mass is 14.9. The number of aryl methyl sites for hydroxylation is 4. The van der Waals surface area contributed by atoms with Gasteiger partial charge >= 0.3 is 0 Å². The van der Waals surface area contributed by atoms with Gasteiger partial charge in [0.05, 0.1) is 0 Å². The van der Waals surface area contributed by atoms with Gasteiger partial charge in [-0.25, -0.2) is 9.97 Å². The molecule has 1 heterocycles. The lowest BCUT2D eigenvalue weighted by molar-refractivity contribution is 0.645. The Labute approximate surface area is 120 Å². The van der Waals surface area contributed by atoms with Crippen LogP contribution < -0.4 is 5.73 Å². The minimum atomic E-state index is 0.863. The molecule has 1 aliphatic carbocycles. The molecule has 3 rings (SSSR count). The van der Waals surface area contributed by atoms with Gasteiger partial charge < -0.3 is 5.73 Å². The molecule has 1 aromatic carbocycles. The molecule has 0 spiro atoms. The molecule has 3 nitrogen and oxygen atoms in total. The van der Waals surface area contributed by atoms with Gasteiger partial charge in [-0.2, -0.15) is 0 Å². The van der Waals surface area contributed by atoms with Crippen molar-refractivity contribution in [1.29, 1.82) is 0 Å². The third-order valence-electron chi connectivity index (χ3n) is 4.11. The largest absolute Gasteiger partial charge is 0.399 e. The van der Waals surface area contributed by atoms with Crippen LogP contribution in [0.3, 0.4) is 0 Å². The average molecular weight is 267 g/mol. The molecule has 0 unspecified atom stereocenters. The maximum absolute atomic E-state index is 5.98. The van der Waals surface area contributed by atoms with E-state index in [-0.39, 0.29) is 0 Å². The smallest absolute Gasteiger partial charge is 0.129 e. The van der Waals surface area contributed by atoms with E-state index in [1.165, 1.54) is 35.4 Å². The number of rotatable bonds is 3. The molecule has 0 aliphatic heterocycles. The first-order valence-electron chi connectivity index (χ1n) is 7.42. The Morgan fingerprint density at radius 1 is 1.05 bits per heavy atom. The van der Waals surface area contributed by atoms with Crippen LogP contribution in [0.2, 0.25) is 0 Å². The molecule has 0 saturated carbocycles. The number of benzene rings is 1. The maximum atomic E-state index is 5.98. The molecule has 20 heavy (non-hydrogen) atoms. The van der Waals surface area contributed by atoms with Crippen molar-refractivity contribution in [2.24, 2.45) is 0 Å². The van der Waals surface area contributed by atoms with Gasteiger partial charge in [-0.1, -0.05) is 18.2 Å². The van der Waals surface area contributed by atoms with Crippen molar-refractivity contribution in [1.82, 2.24) is 9.97 Å². The Bertz CT molecular complexity index is 620. The number of para-hydroxylation sites is 1.